The van der Waals surface area contributed by atoms with E-state index in [2.05, 4.69) is 43.2 Å². The number of nitrogens with zero attached hydrogens (tertiary/aromatic N) is 1. The predicted octanol–water partition coefficient (Wildman–Crippen LogP) is 2.94. The largest absolute Gasteiger partial charge is 0.493 e. The average molecular weight is 329 g/mol. The molecule has 0 aromatic heterocycles. The molecule has 1 aromatic carbocycles. The average Bonchev–Trinajstić information content (AvgIpc) is 2.49. The second kappa shape index (κ2) is 8.61. The van der Waals surface area contributed by atoms with E-state index in [9.17, 15) is 0 Å². The minimum Gasteiger partial charge on any atom is -0.493 e. The predicted molar refractivity (Wildman–Crippen MR) is 93.3 cm³/mol. The number of nitrogens with one attached hydrogen (secondary N) is 1. The summed E-state index contributed by atoms with van der Waals surface area (Å²) < 4.78 is 10.6. The summed E-state index contributed by atoms with van der Waals surface area (Å²) in [5, 5.41) is 3.70. The molecule has 1 aliphatic heterocycles. The number of methoxy groups -OCH3 is 2. The van der Waals surface area contributed by atoms with Crippen LogP contribution in [0.25, 0.3) is 0 Å². The fourth-order valence-electron chi connectivity index (χ4n) is 3.07. The number of ether oxygens (including phenoxy) is 2. The van der Waals surface area contributed by atoms with Gasteiger partial charge < -0.3 is 19.7 Å². The van der Waals surface area contributed by atoms with Gasteiger partial charge in [-0.25, -0.2) is 0 Å². The number of rotatable bonds is 5. The zero-order chi connectivity index (χ0) is 15.4. The standard InChI is InChI=1S/C17H28N2O2.ClH/c1-12-11-19(3)13(2)8-15(12)18-10-14-6-7-16(20-4)17(9-14)21-5;/h6-7,9,12-13,15,18H,8,10-11H2,1-5H3;1H. The van der Waals surface area contributed by atoms with E-state index in [1.54, 1.807) is 14.2 Å². The third-order valence-electron chi connectivity index (χ3n) is 4.63. The molecule has 1 aliphatic rings. The topological polar surface area (TPSA) is 33.7 Å². The molecule has 1 saturated heterocycles. The Hall–Kier alpha value is -0.970. The highest BCUT2D eigenvalue weighted by atomic mass is 35.5. The van der Waals surface area contributed by atoms with Crippen LogP contribution in [0, 0.1) is 5.92 Å². The highest BCUT2D eigenvalue weighted by molar-refractivity contribution is 5.85. The number of piperidine rings is 1. The Labute approximate surface area is 140 Å². The van der Waals surface area contributed by atoms with Gasteiger partial charge in [-0.05, 0) is 44.0 Å². The maximum atomic E-state index is 5.36. The third kappa shape index (κ3) is 4.51. The SMILES string of the molecule is COc1ccc(CNC2CC(C)N(C)CC2C)cc1OC.Cl. The summed E-state index contributed by atoms with van der Waals surface area (Å²) in [4.78, 5) is 2.44. The van der Waals surface area contributed by atoms with Crippen LogP contribution in [-0.2, 0) is 6.54 Å². The van der Waals surface area contributed by atoms with Crippen LogP contribution < -0.4 is 14.8 Å². The monoisotopic (exact) mass is 328 g/mol. The molecule has 0 radical (unpaired) electrons. The van der Waals surface area contributed by atoms with Crippen molar-refractivity contribution in [3.63, 3.8) is 0 Å². The van der Waals surface area contributed by atoms with Gasteiger partial charge in [-0.2, -0.15) is 0 Å². The molecule has 1 heterocycles. The van der Waals surface area contributed by atoms with Crippen LogP contribution in [0.2, 0.25) is 0 Å². The van der Waals surface area contributed by atoms with Gasteiger partial charge in [-0.1, -0.05) is 13.0 Å². The fourth-order valence-corrected chi connectivity index (χ4v) is 3.07. The van der Waals surface area contributed by atoms with Gasteiger partial charge >= 0.3 is 0 Å². The zero-order valence-electron chi connectivity index (χ0n) is 14.3. The number of hydrogen-bond donors (Lipinski definition) is 1. The van der Waals surface area contributed by atoms with E-state index >= 15 is 0 Å². The van der Waals surface area contributed by atoms with Gasteiger partial charge in [0.1, 0.15) is 0 Å². The van der Waals surface area contributed by atoms with Crippen molar-refractivity contribution in [2.24, 2.45) is 5.92 Å². The van der Waals surface area contributed by atoms with Crippen LogP contribution in [0.4, 0.5) is 0 Å². The lowest BCUT2D eigenvalue weighted by molar-refractivity contribution is 0.121. The van der Waals surface area contributed by atoms with Gasteiger partial charge in [0.05, 0.1) is 14.2 Å². The van der Waals surface area contributed by atoms with Crippen LogP contribution in [0.3, 0.4) is 0 Å². The first-order chi connectivity index (χ1) is 10.0. The molecule has 0 bridgehead atoms. The van der Waals surface area contributed by atoms with E-state index in [0.29, 0.717) is 18.0 Å². The lowest BCUT2D eigenvalue weighted by Crippen LogP contribution is -2.50. The van der Waals surface area contributed by atoms with Crippen LogP contribution >= 0.6 is 12.4 Å². The third-order valence-corrected chi connectivity index (χ3v) is 4.63. The first-order valence-electron chi connectivity index (χ1n) is 7.69. The second-order valence-corrected chi connectivity index (χ2v) is 6.18. The summed E-state index contributed by atoms with van der Waals surface area (Å²) in [5.41, 5.74) is 1.23. The van der Waals surface area contributed by atoms with Gasteiger partial charge in [0, 0.05) is 25.2 Å². The smallest absolute Gasteiger partial charge is 0.161 e. The Morgan fingerprint density at radius 2 is 1.86 bits per heavy atom. The summed E-state index contributed by atoms with van der Waals surface area (Å²) in [6.45, 7) is 6.65. The molecule has 4 nitrogen and oxygen atoms in total. The van der Waals surface area contributed by atoms with E-state index in [0.717, 1.165) is 24.6 Å². The van der Waals surface area contributed by atoms with Crippen molar-refractivity contribution in [3.8, 4) is 11.5 Å². The molecule has 3 unspecified atom stereocenters. The molecule has 2 rings (SSSR count). The molecule has 1 N–H and O–H groups in total. The van der Waals surface area contributed by atoms with E-state index < -0.39 is 0 Å². The lowest BCUT2D eigenvalue weighted by atomic mass is 9.89. The normalized spacial score (nSPS) is 25.4. The van der Waals surface area contributed by atoms with Gasteiger partial charge in [0.2, 0.25) is 0 Å². The fraction of sp³-hybridized carbons (Fsp3) is 0.647. The van der Waals surface area contributed by atoms with Gasteiger partial charge in [-0.3, -0.25) is 0 Å². The maximum absolute atomic E-state index is 5.36. The van der Waals surface area contributed by atoms with Crippen molar-refractivity contribution in [3.05, 3.63) is 23.8 Å². The minimum absolute atomic E-state index is 0. The molecule has 0 saturated carbocycles. The number of halogens is 1. The van der Waals surface area contributed by atoms with Crippen LogP contribution in [0.1, 0.15) is 25.8 Å². The second-order valence-electron chi connectivity index (χ2n) is 6.18. The Morgan fingerprint density at radius 3 is 2.50 bits per heavy atom. The summed E-state index contributed by atoms with van der Waals surface area (Å²) in [6, 6.07) is 7.33. The van der Waals surface area contributed by atoms with Gasteiger partial charge in [0.15, 0.2) is 11.5 Å². The first kappa shape index (κ1) is 19.1. The molecule has 1 aromatic rings. The summed E-state index contributed by atoms with van der Waals surface area (Å²) in [6.07, 6.45) is 1.20. The highest BCUT2D eigenvalue weighted by Gasteiger charge is 2.28. The quantitative estimate of drug-likeness (QED) is 0.901. The summed E-state index contributed by atoms with van der Waals surface area (Å²) in [7, 11) is 5.55. The van der Waals surface area contributed by atoms with Crippen molar-refractivity contribution in [1.29, 1.82) is 0 Å². The van der Waals surface area contributed by atoms with Crippen molar-refractivity contribution in [1.82, 2.24) is 10.2 Å². The summed E-state index contributed by atoms with van der Waals surface area (Å²) >= 11 is 0. The Balaban J connectivity index is 0.00000242. The van der Waals surface area contributed by atoms with E-state index in [-0.39, 0.29) is 12.4 Å². The summed E-state index contributed by atoms with van der Waals surface area (Å²) in [5.74, 6) is 2.25. The molecule has 0 aliphatic carbocycles. The Kier molecular flexibility index (Phi) is 7.46. The highest BCUT2D eigenvalue weighted by Crippen LogP contribution is 2.28. The molecular weight excluding hydrogens is 300 g/mol. The Bertz CT molecular complexity index is 470. The Morgan fingerprint density at radius 1 is 1.18 bits per heavy atom. The molecule has 5 heteroatoms. The number of hydrogen-bond acceptors (Lipinski definition) is 4. The molecule has 1 fully saturated rings. The molecule has 22 heavy (non-hydrogen) atoms. The molecule has 0 amide bonds. The lowest BCUT2D eigenvalue weighted by Gasteiger charge is -2.40. The molecule has 0 spiro atoms. The van der Waals surface area contributed by atoms with Crippen molar-refractivity contribution >= 4 is 12.4 Å². The zero-order valence-corrected chi connectivity index (χ0v) is 15.1. The molecule has 3 atom stereocenters. The van der Waals surface area contributed by atoms with Crippen LogP contribution in [-0.4, -0.2) is 44.8 Å². The van der Waals surface area contributed by atoms with Crippen molar-refractivity contribution < 1.29 is 9.47 Å². The van der Waals surface area contributed by atoms with Gasteiger partial charge in [-0.15, -0.1) is 12.4 Å². The number of likely N-dealkylation sites (tertiary alicyclic amines) is 1. The minimum atomic E-state index is 0. The van der Waals surface area contributed by atoms with E-state index in [1.807, 2.05) is 6.07 Å². The van der Waals surface area contributed by atoms with Crippen LogP contribution in [0.5, 0.6) is 11.5 Å². The molecule has 126 valence electrons. The van der Waals surface area contributed by atoms with Crippen molar-refractivity contribution in [2.75, 3.05) is 27.8 Å². The van der Waals surface area contributed by atoms with E-state index in [1.165, 1.54) is 12.0 Å². The van der Waals surface area contributed by atoms with Crippen molar-refractivity contribution in [2.45, 2.75) is 38.9 Å². The maximum Gasteiger partial charge on any atom is 0.161 e. The van der Waals surface area contributed by atoms with E-state index in [4.69, 9.17) is 9.47 Å². The first-order valence-corrected chi connectivity index (χ1v) is 7.69. The molecular formula is C17H29ClN2O2. The van der Waals surface area contributed by atoms with Gasteiger partial charge in [0.25, 0.3) is 0 Å². The number of benzene rings is 1. The van der Waals surface area contributed by atoms with Crippen LogP contribution in [0.15, 0.2) is 18.2 Å².